The van der Waals surface area contributed by atoms with Crippen LogP contribution < -0.4 is 0 Å². The van der Waals surface area contributed by atoms with E-state index in [0.29, 0.717) is 19.3 Å². The Labute approximate surface area is 409 Å². The third-order valence-corrected chi connectivity index (χ3v) is 12.2. The number of rotatable bonds is 51. The summed E-state index contributed by atoms with van der Waals surface area (Å²) in [4.78, 5) is 38.1. The summed E-state index contributed by atoms with van der Waals surface area (Å²) in [6.45, 7) is 6.50. The minimum atomic E-state index is -0.793. The summed E-state index contributed by atoms with van der Waals surface area (Å²) >= 11 is 0. The lowest BCUT2D eigenvalue weighted by molar-refractivity contribution is -0.167. The Balaban J connectivity index is 4.37. The predicted octanol–water partition coefficient (Wildman–Crippen LogP) is 18.8. The summed E-state index contributed by atoms with van der Waals surface area (Å²) < 4.78 is 16.8. The molecule has 0 aromatic rings. The first kappa shape index (κ1) is 63.1. The smallest absolute Gasteiger partial charge is 0.306 e. The molecule has 0 aliphatic heterocycles. The van der Waals surface area contributed by atoms with Crippen LogP contribution in [0.1, 0.15) is 284 Å². The van der Waals surface area contributed by atoms with E-state index in [2.05, 4.69) is 81.5 Å². The number of hydrogen-bond donors (Lipinski definition) is 0. The van der Waals surface area contributed by atoms with Gasteiger partial charge in [-0.05, 0) is 103 Å². The second-order valence-corrected chi connectivity index (χ2v) is 18.8. The summed E-state index contributed by atoms with van der Waals surface area (Å²) in [6.07, 6.45) is 67.9. The van der Waals surface area contributed by atoms with Crippen molar-refractivity contribution in [3.05, 3.63) is 60.8 Å². The molecule has 0 aliphatic carbocycles. The summed E-state index contributed by atoms with van der Waals surface area (Å²) in [6, 6.07) is 0. The molecule has 0 aromatic carbocycles. The molecule has 1 unspecified atom stereocenters. The first-order valence-electron chi connectivity index (χ1n) is 28.3. The molecule has 382 valence electrons. The van der Waals surface area contributed by atoms with Crippen LogP contribution in [0, 0.1) is 0 Å². The Hall–Kier alpha value is -2.89. The summed E-state index contributed by atoms with van der Waals surface area (Å²) in [5, 5.41) is 0. The van der Waals surface area contributed by atoms with Gasteiger partial charge < -0.3 is 14.2 Å². The van der Waals surface area contributed by atoms with E-state index in [-0.39, 0.29) is 31.1 Å². The molecule has 0 amide bonds. The molecule has 0 aromatic heterocycles. The third-order valence-electron chi connectivity index (χ3n) is 12.2. The van der Waals surface area contributed by atoms with Crippen LogP contribution >= 0.6 is 0 Å². The van der Waals surface area contributed by atoms with E-state index >= 15 is 0 Å². The van der Waals surface area contributed by atoms with Gasteiger partial charge in [-0.1, -0.05) is 223 Å². The molecule has 6 heteroatoms. The second-order valence-electron chi connectivity index (χ2n) is 18.8. The molecule has 0 spiro atoms. The molecule has 0 N–H and O–H groups in total. The minimum absolute atomic E-state index is 0.0895. The Kier molecular flexibility index (Phi) is 52.3. The maximum atomic E-state index is 12.8. The van der Waals surface area contributed by atoms with E-state index in [1.165, 1.54) is 167 Å². The molecule has 0 radical (unpaired) electrons. The fourth-order valence-electron chi connectivity index (χ4n) is 7.98. The zero-order chi connectivity index (χ0) is 47.9. The maximum absolute atomic E-state index is 12.8. The van der Waals surface area contributed by atoms with Crippen LogP contribution in [0.4, 0.5) is 0 Å². The van der Waals surface area contributed by atoms with Crippen LogP contribution in [0.5, 0.6) is 0 Å². The van der Waals surface area contributed by atoms with Crippen molar-refractivity contribution in [3.8, 4) is 0 Å². The number of allylic oxidation sites excluding steroid dienone is 10. The molecule has 1 atom stereocenters. The van der Waals surface area contributed by atoms with Crippen LogP contribution in [-0.2, 0) is 28.6 Å². The van der Waals surface area contributed by atoms with Crippen LogP contribution in [0.15, 0.2) is 60.8 Å². The van der Waals surface area contributed by atoms with Crippen molar-refractivity contribution in [2.45, 2.75) is 290 Å². The Morgan fingerprint density at radius 2 is 0.591 bits per heavy atom. The lowest BCUT2D eigenvalue weighted by Crippen LogP contribution is -2.30. The standard InChI is InChI=1S/C60H106O6/c1-4-7-10-13-16-19-22-25-27-29-30-32-33-35-38-41-44-47-50-53-59(62)65-56-57(55-64-58(61)52-49-46-43-40-37-24-21-18-15-12-9-6-3)66-60(63)54-51-48-45-42-39-36-34-31-28-26-23-20-17-14-11-8-5-2/h9,12,18,21,26,28-30,37,40,57H,4-8,10-11,13-17,19-20,22-25,27,31-36,38-39,41-56H2,1-3H3/b12-9-,21-18-,28-26-,30-29-,40-37-. The van der Waals surface area contributed by atoms with Crippen LogP contribution in [-0.4, -0.2) is 37.2 Å². The highest BCUT2D eigenvalue weighted by molar-refractivity contribution is 5.71. The van der Waals surface area contributed by atoms with Gasteiger partial charge in [0, 0.05) is 19.3 Å². The van der Waals surface area contributed by atoms with E-state index in [9.17, 15) is 14.4 Å². The molecule has 66 heavy (non-hydrogen) atoms. The lowest BCUT2D eigenvalue weighted by atomic mass is 10.1. The SMILES string of the molecule is CC/C=C\C/C=C\C/C=C\CCCCC(=O)OCC(COC(=O)CCCCCCCCC/C=C\CCCCCCCCCC)OC(=O)CCCCCCCCC/C=C\CCCCCCCC. The predicted molar refractivity (Wildman–Crippen MR) is 284 cm³/mol. The van der Waals surface area contributed by atoms with Gasteiger partial charge in [0.15, 0.2) is 6.10 Å². The van der Waals surface area contributed by atoms with Crippen molar-refractivity contribution in [2.75, 3.05) is 13.2 Å². The Morgan fingerprint density at radius 3 is 0.970 bits per heavy atom. The zero-order valence-electron chi connectivity index (χ0n) is 43.7. The second kappa shape index (κ2) is 54.7. The number of carbonyl (C=O) groups is 3. The molecule has 0 fully saturated rings. The number of hydrogen-bond acceptors (Lipinski definition) is 6. The van der Waals surface area contributed by atoms with E-state index in [4.69, 9.17) is 14.2 Å². The fourth-order valence-corrected chi connectivity index (χ4v) is 7.98. The van der Waals surface area contributed by atoms with Crippen molar-refractivity contribution >= 4 is 17.9 Å². The first-order valence-corrected chi connectivity index (χ1v) is 28.3. The van der Waals surface area contributed by atoms with Crippen molar-refractivity contribution in [2.24, 2.45) is 0 Å². The van der Waals surface area contributed by atoms with Gasteiger partial charge in [-0.15, -0.1) is 0 Å². The number of esters is 3. The van der Waals surface area contributed by atoms with E-state index in [0.717, 1.165) is 77.0 Å². The molecule has 0 heterocycles. The van der Waals surface area contributed by atoms with Gasteiger partial charge in [0.1, 0.15) is 13.2 Å². The van der Waals surface area contributed by atoms with Gasteiger partial charge in [0.05, 0.1) is 0 Å². The number of unbranched alkanes of at least 4 members (excludes halogenated alkanes) is 30. The van der Waals surface area contributed by atoms with Crippen molar-refractivity contribution in [3.63, 3.8) is 0 Å². The van der Waals surface area contributed by atoms with Crippen LogP contribution in [0.2, 0.25) is 0 Å². The van der Waals surface area contributed by atoms with E-state index in [1.807, 2.05) is 0 Å². The minimum Gasteiger partial charge on any atom is -0.462 e. The van der Waals surface area contributed by atoms with Crippen LogP contribution in [0.3, 0.4) is 0 Å². The van der Waals surface area contributed by atoms with Gasteiger partial charge in [0.25, 0.3) is 0 Å². The quantitative estimate of drug-likeness (QED) is 0.0262. The Bertz CT molecular complexity index is 1200. The average Bonchev–Trinajstić information content (AvgIpc) is 3.31. The highest BCUT2D eigenvalue weighted by Gasteiger charge is 2.19. The molecule has 0 bridgehead atoms. The van der Waals surface area contributed by atoms with Crippen molar-refractivity contribution in [1.82, 2.24) is 0 Å². The summed E-state index contributed by atoms with van der Waals surface area (Å²) in [5.41, 5.74) is 0. The molecule has 0 saturated heterocycles. The molecule has 0 aliphatic rings. The molecule has 6 nitrogen and oxygen atoms in total. The van der Waals surface area contributed by atoms with Gasteiger partial charge in [-0.25, -0.2) is 0 Å². The molecule has 0 rings (SSSR count). The average molecular weight is 924 g/mol. The number of carbonyl (C=O) groups excluding carboxylic acids is 3. The summed E-state index contributed by atoms with van der Waals surface area (Å²) in [7, 11) is 0. The molecular weight excluding hydrogens is 817 g/mol. The third kappa shape index (κ3) is 52.1. The largest absolute Gasteiger partial charge is 0.462 e. The highest BCUT2D eigenvalue weighted by atomic mass is 16.6. The van der Waals surface area contributed by atoms with Crippen molar-refractivity contribution < 1.29 is 28.6 Å². The van der Waals surface area contributed by atoms with Crippen molar-refractivity contribution in [1.29, 1.82) is 0 Å². The van der Waals surface area contributed by atoms with Gasteiger partial charge in [0.2, 0.25) is 0 Å². The maximum Gasteiger partial charge on any atom is 0.306 e. The molecule has 0 saturated carbocycles. The van der Waals surface area contributed by atoms with E-state index < -0.39 is 6.10 Å². The zero-order valence-corrected chi connectivity index (χ0v) is 43.7. The van der Waals surface area contributed by atoms with Gasteiger partial charge in [-0.2, -0.15) is 0 Å². The molecular formula is C60H106O6. The van der Waals surface area contributed by atoms with E-state index in [1.54, 1.807) is 0 Å². The highest BCUT2D eigenvalue weighted by Crippen LogP contribution is 2.15. The normalized spacial score (nSPS) is 12.5. The summed E-state index contributed by atoms with van der Waals surface area (Å²) in [5.74, 6) is -0.930. The fraction of sp³-hybridized carbons (Fsp3) is 0.783. The number of ether oxygens (including phenoxy) is 3. The first-order chi connectivity index (χ1) is 32.5. The Morgan fingerprint density at radius 1 is 0.318 bits per heavy atom. The van der Waals surface area contributed by atoms with Gasteiger partial charge >= 0.3 is 17.9 Å². The van der Waals surface area contributed by atoms with Crippen LogP contribution in [0.25, 0.3) is 0 Å². The monoisotopic (exact) mass is 923 g/mol. The van der Waals surface area contributed by atoms with Gasteiger partial charge in [-0.3, -0.25) is 14.4 Å². The topological polar surface area (TPSA) is 78.9 Å². The lowest BCUT2D eigenvalue weighted by Gasteiger charge is -2.18.